The number of amides is 1. The molecule has 1 amide bonds. The number of methoxy groups -OCH3 is 1. The Hall–Kier alpha value is -3.47. The molecule has 1 aliphatic carbocycles. The highest BCUT2D eigenvalue weighted by Gasteiger charge is 2.43. The maximum Gasteiger partial charge on any atom is 0.255 e. The lowest BCUT2D eigenvalue weighted by atomic mass is 9.70. The minimum atomic E-state index is -0.661. The molecule has 0 aromatic heterocycles. The predicted octanol–water partition coefficient (Wildman–Crippen LogP) is 2.01. The monoisotopic (exact) mass is 397 g/mol. The molecule has 3 rings (SSSR count). The molecule has 4 N–H and O–H groups in total. The lowest BCUT2D eigenvalue weighted by molar-refractivity contribution is -0.120. The molecule has 0 saturated heterocycles. The molecule has 2 aliphatic rings. The highest BCUT2D eigenvalue weighted by atomic mass is 16.5. The van der Waals surface area contributed by atoms with Gasteiger partial charge in [-0.05, 0) is 23.1 Å². The molecule has 1 aliphatic heterocycles. The van der Waals surface area contributed by atoms with Crippen molar-refractivity contribution in [2.45, 2.75) is 32.6 Å². The predicted molar refractivity (Wildman–Crippen MR) is 103 cm³/mol. The number of hydrogen-bond donors (Lipinski definition) is 2. The number of allylic oxidation sites excluding steroid dienone is 3. The number of ether oxygens (including phenoxy) is 3. The van der Waals surface area contributed by atoms with E-state index in [2.05, 4.69) is 6.07 Å². The number of rotatable bonds is 5. The molecular weight excluding hydrogens is 374 g/mol. The first-order valence-corrected chi connectivity index (χ1v) is 9.09. The summed E-state index contributed by atoms with van der Waals surface area (Å²) < 4.78 is 16.4. The number of hydrogen-bond acceptors (Lipinski definition) is 7. The number of benzene rings is 1. The third-order valence-electron chi connectivity index (χ3n) is 4.97. The van der Waals surface area contributed by atoms with E-state index in [-0.39, 0.29) is 29.3 Å². The first-order chi connectivity index (χ1) is 13.7. The van der Waals surface area contributed by atoms with Crippen LogP contribution >= 0.6 is 0 Å². The Morgan fingerprint density at radius 1 is 1.34 bits per heavy atom. The quantitative estimate of drug-likeness (QED) is 0.775. The van der Waals surface area contributed by atoms with Crippen LogP contribution in [0.1, 0.15) is 38.2 Å². The van der Waals surface area contributed by atoms with Gasteiger partial charge in [0.1, 0.15) is 17.4 Å². The van der Waals surface area contributed by atoms with E-state index >= 15 is 0 Å². The van der Waals surface area contributed by atoms with Crippen molar-refractivity contribution in [2.75, 3.05) is 13.7 Å². The molecule has 8 nitrogen and oxygen atoms in total. The summed E-state index contributed by atoms with van der Waals surface area (Å²) in [5.74, 6) is -0.190. The standard InChI is InChI=1S/C21H23N3O5/c1-21(2)7-13(25)19-16(8-21)29-20(24)12(9-22)18(19)11-4-5-14(15(6-11)27-3)28-10-17(23)26/h4-6,18H,7-8,10,24H2,1-3H3,(H2,23,26)/t18-/m0/s1. The van der Waals surface area contributed by atoms with Crippen LogP contribution in [0.25, 0.3) is 0 Å². The number of nitrogens with two attached hydrogens (primary N) is 2. The van der Waals surface area contributed by atoms with Crippen LogP contribution in [0.3, 0.4) is 0 Å². The molecule has 1 aromatic rings. The van der Waals surface area contributed by atoms with E-state index in [1.54, 1.807) is 18.2 Å². The van der Waals surface area contributed by atoms with Crippen LogP contribution in [0.5, 0.6) is 11.5 Å². The number of nitriles is 1. The summed E-state index contributed by atoms with van der Waals surface area (Å²) in [4.78, 5) is 24.0. The minimum Gasteiger partial charge on any atom is -0.493 e. The van der Waals surface area contributed by atoms with Gasteiger partial charge in [-0.3, -0.25) is 9.59 Å². The summed E-state index contributed by atoms with van der Waals surface area (Å²) in [6.07, 6.45) is 0.891. The van der Waals surface area contributed by atoms with Gasteiger partial charge in [0.15, 0.2) is 23.9 Å². The Morgan fingerprint density at radius 2 is 2.07 bits per heavy atom. The number of carbonyl (C=O) groups excluding carboxylic acids is 2. The van der Waals surface area contributed by atoms with Crippen molar-refractivity contribution in [1.82, 2.24) is 0 Å². The van der Waals surface area contributed by atoms with Gasteiger partial charge in [-0.1, -0.05) is 19.9 Å². The van der Waals surface area contributed by atoms with E-state index in [1.807, 2.05) is 13.8 Å². The Morgan fingerprint density at radius 3 is 2.69 bits per heavy atom. The fourth-order valence-corrected chi connectivity index (χ4v) is 3.75. The third-order valence-corrected chi connectivity index (χ3v) is 4.97. The summed E-state index contributed by atoms with van der Waals surface area (Å²) in [6, 6.07) is 7.05. The van der Waals surface area contributed by atoms with E-state index in [1.165, 1.54) is 7.11 Å². The molecular formula is C21H23N3O5. The van der Waals surface area contributed by atoms with Crippen molar-refractivity contribution >= 4 is 11.7 Å². The van der Waals surface area contributed by atoms with E-state index in [0.717, 1.165) is 0 Å². The van der Waals surface area contributed by atoms with Gasteiger partial charge in [0, 0.05) is 18.4 Å². The van der Waals surface area contributed by atoms with E-state index in [0.29, 0.717) is 41.2 Å². The van der Waals surface area contributed by atoms with Crippen LogP contribution in [0.4, 0.5) is 0 Å². The topological polar surface area (TPSA) is 138 Å². The smallest absolute Gasteiger partial charge is 0.255 e. The first-order valence-electron chi connectivity index (χ1n) is 9.09. The Balaban J connectivity index is 2.10. The molecule has 1 atom stereocenters. The van der Waals surface area contributed by atoms with E-state index in [4.69, 9.17) is 25.7 Å². The van der Waals surface area contributed by atoms with Gasteiger partial charge in [0.05, 0.1) is 13.0 Å². The van der Waals surface area contributed by atoms with Crippen LogP contribution in [0.2, 0.25) is 0 Å². The van der Waals surface area contributed by atoms with Gasteiger partial charge < -0.3 is 25.7 Å². The summed E-state index contributed by atoms with van der Waals surface area (Å²) in [5.41, 5.74) is 12.1. The molecule has 8 heteroatoms. The van der Waals surface area contributed by atoms with E-state index < -0.39 is 11.8 Å². The Bertz CT molecular complexity index is 985. The second-order valence-corrected chi connectivity index (χ2v) is 7.87. The van der Waals surface area contributed by atoms with Crippen LogP contribution in [-0.4, -0.2) is 25.4 Å². The summed E-state index contributed by atoms with van der Waals surface area (Å²) in [7, 11) is 1.45. The Labute approximate surface area is 168 Å². The number of Topliss-reactive ketones (excluding diaryl/α,β-unsaturated/α-hetero) is 1. The SMILES string of the molecule is COc1cc([C@H]2C(C#N)=C(N)OC3=C2C(=O)CC(C)(C)C3)ccc1OCC(N)=O. The fourth-order valence-electron chi connectivity index (χ4n) is 3.75. The molecule has 0 unspecified atom stereocenters. The molecule has 0 radical (unpaired) electrons. The number of primary amides is 1. The van der Waals surface area contributed by atoms with Crippen LogP contribution in [-0.2, 0) is 14.3 Å². The largest absolute Gasteiger partial charge is 0.493 e. The van der Waals surface area contributed by atoms with Crippen molar-refractivity contribution in [1.29, 1.82) is 5.26 Å². The molecule has 29 heavy (non-hydrogen) atoms. The fraction of sp³-hybridized carbons (Fsp3) is 0.381. The van der Waals surface area contributed by atoms with Gasteiger partial charge in [-0.2, -0.15) is 5.26 Å². The average Bonchev–Trinajstić information content (AvgIpc) is 2.64. The van der Waals surface area contributed by atoms with Crippen molar-refractivity contribution in [3.8, 4) is 17.6 Å². The summed E-state index contributed by atoms with van der Waals surface area (Å²) in [5, 5.41) is 9.69. The second kappa shape index (κ2) is 7.51. The zero-order chi connectivity index (χ0) is 21.3. The number of carbonyl (C=O) groups is 2. The molecule has 0 spiro atoms. The van der Waals surface area contributed by atoms with Crippen LogP contribution in [0, 0.1) is 16.7 Å². The maximum absolute atomic E-state index is 13.0. The van der Waals surface area contributed by atoms with Gasteiger partial charge >= 0.3 is 0 Å². The molecule has 0 bridgehead atoms. The molecule has 1 heterocycles. The van der Waals surface area contributed by atoms with Gasteiger partial charge in [0.2, 0.25) is 5.88 Å². The van der Waals surface area contributed by atoms with Crippen molar-refractivity contribution in [2.24, 2.45) is 16.9 Å². The zero-order valence-corrected chi connectivity index (χ0v) is 16.6. The second-order valence-electron chi connectivity index (χ2n) is 7.87. The summed E-state index contributed by atoms with van der Waals surface area (Å²) >= 11 is 0. The van der Waals surface area contributed by atoms with Crippen LogP contribution in [0.15, 0.2) is 41.0 Å². The third kappa shape index (κ3) is 3.90. The average molecular weight is 397 g/mol. The van der Waals surface area contributed by atoms with Gasteiger partial charge in [0.25, 0.3) is 5.91 Å². The zero-order valence-electron chi connectivity index (χ0n) is 16.6. The maximum atomic E-state index is 13.0. The molecule has 0 fully saturated rings. The Kier molecular flexibility index (Phi) is 5.25. The van der Waals surface area contributed by atoms with Crippen molar-refractivity contribution in [3.05, 3.63) is 46.6 Å². The number of nitrogens with zero attached hydrogens (tertiary/aromatic N) is 1. The lowest BCUT2D eigenvalue weighted by Crippen LogP contribution is -2.33. The van der Waals surface area contributed by atoms with Crippen molar-refractivity contribution in [3.63, 3.8) is 0 Å². The number of ketones is 1. The minimum absolute atomic E-state index is 0.00484. The molecule has 0 saturated carbocycles. The van der Waals surface area contributed by atoms with Gasteiger partial charge in [-0.15, -0.1) is 0 Å². The normalized spacial score (nSPS) is 20.5. The molecule has 1 aromatic carbocycles. The van der Waals surface area contributed by atoms with Crippen molar-refractivity contribution < 1.29 is 23.8 Å². The van der Waals surface area contributed by atoms with E-state index in [9.17, 15) is 14.9 Å². The highest BCUT2D eigenvalue weighted by Crippen LogP contribution is 2.48. The first kappa shape index (κ1) is 20.3. The lowest BCUT2D eigenvalue weighted by Gasteiger charge is -2.37. The summed E-state index contributed by atoms with van der Waals surface area (Å²) in [6.45, 7) is 3.67. The van der Waals surface area contributed by atoms with Crippen LogP contribution < -0.4 is 20.9 Å². The highest BCUT2D eigenvalue weighted by molar-refractivity contribution is 6.00. The molecule has 152 valence electrons. The van der Waals surface area contributed by atoms with Gasteiger partial charge in [-0.25, -0.2) is 0 Å².